The maximum atomic E-state index is 13.6. The average molecular weight is 530 g/mol. The fraction of sp³-hybridized carbons (Fsp3) is 0.643. The van der Waals surface area contributed by atoms with E-state index in [1.165, 1.54) is 18.2 Å². The number of hydrogen-bond donors (Lipinski definition) is 2. The number of amides is 3. The molecule has 2 saturated carbocycles. The first-order valence-corrected chi connectivity index (χ1v) is 13.4. The van der Waals surface area contributed by atoms with Crippen LogP contribution in [0.2, 0.25) is 0 Å². The molecular weight excluding hydrogens is 490 g/mol. The largest absolute Gasteiger partial charge is 0.468 e. The highest BCUT2D eigenvalue weighted by atomic mass is 16.6. The van der Waals surface area contributed by atoms with Gasteiger partial charge in [0, 0.05) is 25.6 Å². The number of ether oxygens (including phenoxy) is 2. The minimum atomic E-state index is -1.17. The van der Waals surface area contributed by atoms with Gasteiger partial charge in [0.25, 0.3) is 5.91 Å². The molecule has 2 aliphatic carbocycles. The molecule has 0 aromatic heterocycles. The molecule has 0 radical (unpaired) electrons. The molecule has 2 N–H and O–H groups in total. The normalized spacial score (nSPS) is 25.6. The molecule has 38 heavy (non-hydrogen) atoms. The second-order valence-corrected chi connectivity index (χ2v) is 10.2. The van der Waals surface area contributed by atoms with Crippen molar-refractivity contribution in [2.45, 2.75) is 94.9 Å². The molecule has 4 atom stereocenters. The van der Waals surface area contributed by atoms with Gasteiger partial charge in [0.15, 0.2) is 0 Å². The number of unbranched alkanes of at least 4 members (excludes halogenated alkanes) is 3. The first-order valence-electron chi connectivity index (χ1n) is 13.4. The first-order chi connectivity index (χ1) is 18.2. The number of hydrogen-bond acceptors (Lipinski definition) is 7. The van der Waals surface area contributed by atoms with Crippen molar-refractivity contribution in [1.29, 1.82) is 0 Å². The number of aliphatic hydroxyl groups is 1. The molecule has 0 spiro atoms. The standard InChI is InChI=1S/C28H39N3O7/c1-4-6-7-8-9-14-22(30-27(36)38-21-12-10-11-13-21)25(34)31-17-20(32)15-23(31)24(33)29-18-28(26(35)37-3)16-19(28)5-2/h4,18,20-23,32H,1-2,6-17H2,3H3,(H,30,36)/t20-,22-,23-,28+/m0/s1. The first kappa shape index (κ1) is 29.3. The lowest BCUT2D eigenvalue weighted by Crippen LogP contribution is -2.52. The summed E-state index contributed by atoms with van der Waals surface area (Å²) < 4.78 is 10.3. The molecule has 10 nitrogen and oxygen atoms in total. The number of carbonyl (C=O) groups is 4. The van der Waals surface area contributed by atoms with E-state index >= 15 is 0 Å². The summed E-state index contributed by atoms with van der Waals surface area (Å²) in [4.78, 5) is 56.7. The van der Waals surface area contributed by atoms with Crippen molar-refractivity contribution in [2.75, 3.05) is 13.7 Å². The van der Waals surface area contributed by atoms with Crippen molar-refractivity contribution in [3.05, 3.63) is 30.5 Å². The zero-order valence-corrected chi connectivity index (χ0v) is 22.2. The fourth-order valence-corrected chi connectivity index (χ4v) is 5.17. The predicted octanol–water partition coefficient (Wildman–Crippen LogP) is 2.99. The Kier molecular flexibility index (Phi) is 10.4. The Balaban J connectivity index is 1.71. The number of allylic oxidation sites excluding steroid dienone is 1. The van der Waals surface area contributed by atoms with E-state index in [0.717, 1.165) is 44.9 Å². The van der Waals surface area contributed by atoms with E-state index in [0.29, 0.717) is 24.8 Å². The van der Waals surface area contributed by atoms with E-state index in [1.54, 1.807) is 0 Å². The number of likely N-dealkylation sites (tertiary alicyclic amines) is 1. The summed E-state index contributed by atoms with van der Waals surface area (Å²) in [6, 6.07) is -1.92. The average Bonchev–Trinajstić information content (AvgIpc) is 3.17. The van der Waals surface area contributed by atoms with Gasteiger partial charge in [0.1, 0.15) is 23.6 Å². The Labute approximate surface area is 223 Å². The Hall–Kier alpha value is -3.23. The van der Waals surface area contributed by atoms with Gasteiger partial charge in [-0.25, -0.2) is 9.79 Å². The SMILES string of the molecule is C=C=C1C[C@]1(C=NC(=O)[C@@H]1C[C@H](O)CN1C(=O)[C@H](CCCCCC=C)NC(=O)OC1CCCC1)C(=O)OC. The van der Waals surface area contributed by atoms with Gasteiger partial charge in [-0.2, -0.15) is 0 Å². The molecular formula is C28H39N3O7. The lowest BCUT2D eigenvalue weighted by molar-refractivity contribution is -0.143. The van der Waals surface area contributed by atoms with Crippen LogP contribution in [-0.2, 0) is 23.9 Å². The van der Waals surface area contributed by atoms with Crippen LogP contribution < -0.4 is 5.32 Å². The molecule has 10 heteroatoms. The van der Waals surface area contributed by atoms with Gasteiger partial charge < -0.3 is 24.8 Å². The van der Waals surface area contributed by atoms with Crippen molar-refractivity contribution < 1.29 is 33.8 Å². The Morgan fingerprint density at radius 3 is 2.63 bits per heavy atom. The summed E-state index contributed by atoms with van der Waals surface area (Å²) in [6.07, 6.45) is 8.91. The van der Waals surface area contributed by atoms with Crippen LogP contribution in [0.4, 0.5) is 4.79 Å². The molecule has 1 aliphatic heterocycles. The number of methoxy groups -OCH3 is 1. The predicted molar refractivity (Wildman–Crippen MR) is 140 cm³/mol. The number of rotatable bonds is 12. The Morgan fingerprint density at radius 1 is 1.26 bits per heavy atom. The number of nitrogens with zero attached hydrogens (tertiary/aromatic N) is 2. The van der Waals surface area contributed by atoms with Crippen molar-refractivity contribution in [3.63, 3.8) is 0 Å². The van der Waals surface area contributed by atoms with E-state index in [1.807, 2.05) is 6.08 Å². The molecule has 0 bridgehead atoms. The van der Waals surface area contributed by atoms with E-state index in [-0.39, 0.29) is 19.1 Å². The van der Waals surface area contributed by atoms with Gasteiger partial charge in [0.2, 0.25) is 5.91 Å². The molecule has 1 saturated heterocycles. The van der Waals surface area contributed by atoms with E-state index in [4.69, 9.17) is 9.47 Å². The lowest BCUT2D eigenvalue weighted by atomic mass is 10.1. The van der Waals surface area contributed by atoms with Crippen molar-refractivity contribution >= 4 is 30.1 Å². The Bertz CT molecular complexity index is 996. The van der Waals surface area contributed by atoms with Crippen LogP contribution in [0.15, 0.2) is 35.5 Å². The topological polar surface area (TPSA) is 135 Å². The van der Waals surface area contributed by atoms with Crippen molar-refractivity contribution in [2.24, 2.45) is 10.4 Å². The van der Waals surface area contributed by atoms with Crippen LogP contribution in [0.3, 0.4) is 0 Å². The van der Waals surface area contributed by atoms with E-state index in [2.05, 4.69) is 29.2 Å². The minimum Gasteiger partial charge on any atom is -0.468 e. The third-order valence-corrected chi connectivity index (χ3v) is 7.46. The van der Waals surface area contributed by atoms with Crippen molar-refractivity contribution in [1.82, 2.24) is 10.2 Å². The highest BCUT2D eigenvalue weighted by Crippen LogP contribution is 2.50. The number of alkyl carbamates (subject to hydrolysis) is 1. The smallest absolute Gasteiger partial charge is 0.408 e. The highest BCUT2D eigenvalue weighted by molar-refractivity contribution is 6.07. The third-order valence-electron chi connectivity index (χ3n) is 7.46. The molecule has 0 aromatic carbocycles. The summed E-state index contributed by atoms with van der Waals surface area (Å²) in [5.41, 5.74) is 2.07. The van der Waals surface area contributed by atoms with Gasteiger partial charge in [-0.3, -0.25) is 14.4 Å². The molecule has 3 fully saturated rings. The molecule has 1 heterocycles. The molecule has 3 rings (SSSR count). The number of nitrogens with one attached hydrogen (secondary N) is 1. The van der Waals surface area contributed by atoms with Gasteiger partial charge in [-0.05, 0) is 50.5 Å². The second-order valence-electron chi connectivity index (χ2n) is 10.2. The lowest BCUT2D eigenvalue weighted by Gasteiger charge is -2.28. The minimum absolute atomic E-state index is 0.00979. The van der Waals surface area contributed by atoms with Crippen LogP contribution in [0.5, 0.6) is 0 Å². The molecule has 0 aromatic rings. The van der Waals surface area contributed by atoms with Gasteiger partial charge >= 0.3 is 12.1 Å². The molecule has 3 amide bonds. The summed E-state index contributed by atoms with van der Waals surface area (Å²) in [5, 5.41) is 13.0. The van der Waals surface area contributed by atoms with E-state index < -0.39 is 47.5 Å². The van der Waals surface area contributed by atoms with Gasteiger partial charge in [0.05, 0.1) is 13.2 Å². The summed E-state index contributed by atoms with van der Waals surface area (Å²) in [6.45, 7) is 7.21. The number of aliphatic hydroxyl groups excluding tert-OH is 1. The van der Waals surface area contributed by atoms with Gasteiger partial charge in [-0.15, -0.1) is 12.3 Å². The zero-order chi connectivity index (χ0) is 27.7. The van der Waals surface area contributed by atoms with Crippen LogP contribution in [0, 0.1) is 5.41 Å². The monoisotopic (exact) mass is 529 g/mol. The van der Waals surface area contributed by atoms with Crippen LogP contribution in [0.1, 0.15) is 70.6 Å². The maximum absolute atomic E-state index is 13.6. The summed E-state index contributed by atoms with van der Waals surface area (Å²) in [7, 11) is 1.24. The Morgan fingerprint density at radius 2 is 2.00 bits per heavy atom. The van der Waals surface area contributed by atoms with Gasteiger partial charge in [-0.1, -0.05) is 25.5 Å². The maximum Gasteiger partial charge on any atom is 0.408 e. The number of aliphatic imine (C=N–C) groups is 1. The fourth-order valence-electron chi connectivity index (χ4n) is 5.17. The third kappa shape index (κ3) is 7.20. The molecule has 208 valence electrons. The quantitative estimate of drug-likeness (QED) is 0.130. The van der Waals surface area contributed by atoms with Crippen LogP contribution >= 0.6 is 0 Å². The van der Waals surface area contributed by atoms with Crippen molar-refractivity contribution in [3.8, 4) is 0 Å². The molecule has 3 aliphatic rings. The summed E-state index contributed by atoms with van der Waals surface area (Å²) in [5.74, 6) is -1.70. The number of esters is 1. The second kappa shape index (κ2) is 13.5. The molecule has 0 unspecified atom stereocenters. The zero-order valence-electron chi connectivity index (χ0n) is 22.2. The number of β-amino-alcohol motifs (C(OH)–C–C–N with tert-alkyl or cyclic N) is 1. The summed E-state index contributed by atoms with van der Waals surface area (Å²) >= 11 is 0. The highest BCUT2D eigenvalue weighted by Gasteiger charge is 2.56. The van der Waals surface area contributed by atoms with Crippen LogP contribution in [-0.4, -0.2) is 78.0 Å². The number of carbonyl (C=O) groups excluding carboxylic acids is 4. The van der Waals surface area contributed by atoms with E-state index in [9.17, 15) is 24.3 Å². The van der Waals surface area contributed by atoms with Crippen LogP contribution in [0.25, 0.3) is 0 Å².